The Hall–Kier alpha value is -1.96. The second-order valence-electron chi connectivity index (χ2n) is 5.20. The molecule has 134 valence electrons. The van der Waals surface area contributed by atoms with Crippen LogP contribution in [0.4, 0.5) is 10.1 Å². The van der Waals surface area contributed by atoms with Crippen LogP contribution in [0.2, 0.25) is 5.02 Å². The molecule has 0 heterocycles. The summed E-state index contributed by atoms with van der Waals surface area (Å²) in [7, 11) is -3.72. The van der Waals surface area contributed by atoms with Crippen molar-refractivity contribution in [3.05, 3.63) is 58.9 Å². The number of carbonyl (C=O) groups is 1. The van der Waals surface area contributed by atoms with Gasteiger partial charge in [-0.25, -0.2) is 12.8 Å². The molecule has 2 aromatic carbocycles. The molecule has 0 atom stereocenters. The van der Waals surface area contributed by atoms with Gasteiger partial charge >= 0.3 is 0 Å². The summed E-state index contributed by atoms with van der Waals surface area (Å²) in [4.78, 5) is 12.4. The van der Waals surface area contributed by atoms with E-state index < -0.39 is 21.7 Å². The summed E-state index contributed by atoms with van der Waals surface area (Å²) in [6, 6.07) is 9.32. The van der Waals surface area contributed by atoms with E-state index in [2.05, 4.69) is 5.32 Å². The molecule has 0 aliphatic rings. The van der Waals surface area contributed by atoms with E-state index in [9.17, 15) is 17.6 Å². The molecule has 0 aromatic heterocycles. The van der Waals surface area contributed by atoms with E-state index in [0.717, 1.165) is 6.07 Å². The maximum absolute atomic E-state index is 13.2. The Morgan fingerprint density at radius 1 is 1.16 bits per heavy atom. The Morgan fingerprint density at radius 2 is 1.84 bits per heavy atom. The van der Waals surface area contributed by atoms with Gasteiger partial charge in [0.1, 0.15) is 5.82 Å². The smallest absolute Gasteiger partial charge is 0.257 e. The lowest BCUT2D eigenvalue weighted by molar-refractivity contribution is 0.102. The highest BCUT2D eigenvalue weighted by molar-refractivity contribution is 7.89. The number of halogens is 2. The van der Waals surface area contributed by atoms with E-state index in [1.807, 2.05) is 0 Å². The standard InChI is InChI=1S/C17H18ClFN2O3S/c1-3-21(4-2)25(23,24)14-8-9-16(18)15(11-14)17(22)20-13-7-5-6-12(19)10-13/h5-11H,3-4H2,1-2H3,(H,20,22). The highest BCUT2D eigenvalue weighted by Gasteiger charge is 2.23. The predicted octanol–water partition coefficient (Wildman–Crippen LogP) is 3.76. The number of benzene rings is 2. The number of carbonyl (C=O) groups excluding carboxylic acids is 1. The van der Waals surface area contributed by atoms with Gasteiger partial charge in [0.2, 0.25) is 10.0 Å². The van der Waals surface area contributed by atoms with Gasteiger partial charge in [-0.05, 0) is 36.4 Å². The van der Waals surface area contributed by atoms with Crippen molar-refractivity contribution in [3.8, 4) is 0 Å². The van der Waals surface area contributed by atoms with Crippen LogP contribution in [0, 0.1) is 5.82 Å². The number of anilines is 1. The lowest BCUT2D eigenvalue weighted by atomic mass is 10.2. The van der Waals surface area contributed by atoms with Gasteiger partial charge in [-0.15, -0.1) is 0 Å². The SMILES string of the molecule is CCN(CC)S(=O)(=O)c1ccc(Cl)c(C(=O)Nc2cccc(F)c2)c1. The van der Waals surface area contributed by atoms with Crippen molar-refractivity contribution in [2.24, 2.45) is 0 Å². The third-order valence-corrected chi connectivity index (χ3v) is 5.98. The quantitative estimate of drug-likeness (QED) is 0.824. The van der Waals surface area contributed by atoms with E-state index in [4.69, 9.17) is 11.6 Å². The molecule has 2 aromatic rings. The molecular weight excluding hydrogens is 367 g/mol. The highest BCUT2D eigenvalue weighted by atomic mass is 35.5. The average Bonchev–Trinajstić information content (AvgIpc) is 2.55. The zero-order valence-corrected chi connectivity index (χ0v) is 15.4. The summed E-state index contributed by atoms with van der Waals surface area (Å²) < 4.78 is 39.7. The van der Waals surface area contributed by atoms with Crippen molar-refractivity contribution >= 4 is 33.2 Å². The first-order chi connectivity index (χ1) is 11.8. The van der Waals surface area contributed by atoms with Crippen LogP contribution in [0.5, 0.6) is 0 Å². The molecule has 0 aliphatic heterocycles. The Morgan fingerprint density at radius 3 is 2.44 bits per heavy atom. The Kier molecular flexibility index (Phi) is 6.16. The van der Waals surface area contributed by atoms with Gasteiger partial charge in [0.05, 0.1) is 15.5 Å². The third-order valence-electron chi connectivity index (χ3n) is 3.61. The summed E-state index contributed by atoms with van der Waals surface area (Å²) in [6.45, 7) is 4.08. The van der Waals surface area contributed by atoms with Crippen LogP contribution in [0.1, 0.15) is 24.2 Å². The van der Waals surface area contributed by atoms with Gasteiger partial charge in [0.15, 0.2) is 0 Å². The third kappa shape index (κ3) is 4.36. The number of hydrogen-bond acceptors (Lipinski definition) is 3. The van der Waals surface area contributed by atoms with Crippen LogP contribution in [0.25, 0.3) is 0 Å². The highest BCUT2D eigenvalue weighted by Crippen LogP contribution is 2.24. The number of nitrogens with zero attached hydrogens (tertiary/aromatic N) is 1. The van der Waals surface area contributed by atoms with Crippen molar-refractivity contribution in [1.82, 2.24) is 4.31 Å². The van der Waals surface area contributed by atoms with E-state index >= 15 is 0 Å². The first-order valence-corrected chi connectivity index (χ1v) is 9.48. The largest absolute Gasteiger partial charge is 0.322 e. The van der Waals surface area contributed by atoms with E-state index in [1.54, 1.807) is 13.8 Å². The lowest BCUT2D eigenvalue weighted by Crippen LogP contribution is -2.30. The second kappa shape index (κ2) is 7.95. The minimum Gasteiger partial charge on any atom is -0.322 e. The van der Waals surface area contributed by atoms with Crippen molar-refractivity contribution in [1.29, 1.82) is 0 Å². The number of amides is 1. The molecule has 1 amide bonds. The van der Waals surface area contributed by atoms with Gasteiger partial charge in [-0.1, -0.05) is 31.5 Å². The van der Waals surface area contributed by atoms with Crippen LogP contribution in [-0.4, -0.2) is 31.7 Å². The fourth-order valence-corrected chi connectivity index (χ4v) is 4.00. The van der Waals surface area contributed by atoms with Crippen molar-refractivity contribution in [2.45, 2.75) is 18.7 Å². The number of nitrogens with one attached hydrogen (secondary N) is 1. The molecule has 0 radical (unpaired) electrons. The molecule has 2 rings (SSSR count). The monoisotopic (exact) mass is 384 g/mol. The normalized spacial score (nSPS) is 11.6. The van der Waals surface area contributed by atoms with Crippen LogP contribution >= 0.6 is 11.6 Å². The molecule has 0 aliphatic carbocycles. The molecule has 0 fully saturated rings. The molecule has 5 nitrogen and oxygen atoms in total. The minimum atomic E-state index is -3.72. The van der Waals surface area contributed by atoms with E-state index in [0.29, 0.717) is 13.1 Å². The van der Waals surface area contributed by atoms with Gasteiger partial charge in [0, 0.05) is 18.8 Å². The maximum atomic E-state index is 13.2. The predicted molar refractivity (Wildman–Crippen MR) is 95.9 cm³/mol. The molecule has 1 N–H and O–H groups in total. The van der Waals surface area contributed by atoms with Crippen LogP contribution in [0.3, 0.4) is 0 Å². The topological polar surface area (TPSA) is 66.5 Å². The molecule has 0 saturated carbocycles. The number of rotatable bonds is 6. The fraction of sp³-hybridized carbons (Fsp3) is 0.235. The maximum Gasteiger partial charge on any atom is 0.257 e. The van der Waals surface area contributed by atoms with Crippen LogP contribution in [-0.2, 0) is 10.0 Å². The Labute approximate surface area is 151 Å². The summed E-state index contributed by atoms with van der Waals surface area (Å²) in [6.07, 6.45) is 0. The van der Waals surface area contributed by atoms with Gasteiger partial charge in [0.25, 0.3) is 5.91 Å². The van der Waals surface area contributed by atoms with Gasteiger partial charge in [-0.2, -0.15) is 4.31 Å². The summed E-state index contributed by atoms with van der Waals surface area (Å²) in [5, 5.41) is 2.61. The van der Waals surface area contributed by atoms with Crippen molar-refractivity contribution in [3.63, 3.8) is 0 Å². The fourth-order valence-electron chi connectivity index (χ4n) is 2.32. The summed E-state index contributed by atoms with van der Waals surface area (Å²) in [5.74, 6) is -1.12. The molecule has 0 saturated heterocycles. The van der Waals surface area contributed by atoms with E-state index in [-0.39, 0.29) is 21.2 Å². The minimum absolute atomic E-state index is 0.000779. The van der Waals surface area contributed by atoms with E-state index in [1.165, 1.54) is 40.7 Å². The van der Waals surface area contributed by atoms with Crippen LogP contribution in [0.15, 0.2) is 47.4 Å². The molecular formula is C17H18ClFN2O3S. The first-order valence-electron chi connectivity index (χ1n) is 7.66. The van der Waals surface area contributed by atoms with Crippen LogP contribution < -0.4 is 5.32 Å². The summed E-state index contributed by atoms with van der Waals surface area (Å²) in [5.41, 5.74) is 0.247. The van der Waals surface area contributed by atoms with Crippen molar-refractivity contribution < 1.29 is 17.6 Å². The number of sulfonamides is 1. The molecule has 0 bridgehead atoms. The Bertz CT molecular complexity index is 883. The summed E-state index contributed by atoms with van der Waals surface area (Å²) >= 11 is 6.04. The molecule has 0 unspecified atom stereocenters. The zero-order valence-electron chi connectivity index (χ0n) is 13.8. The van der Waals surface area contributed by atoms with Gasteiger partial charge in [-0.3, -0.25) is 4.79 Å². The average molecular weight is 385 g/mol. The Balaban J connectivity index is 2.37. The van der Waals surface area contributed by atoms with Gasteiger partial charge < -0.3 is 5.32 Å². The molecule has 25 heavy (non-hydrogen) atoms. The molecule has 8 heteroatoms. The number of hydrogen-bond donors (Lipinski definition) is 1. The first kappa shape index (κ1) is 19.4. The lowest BCUT2D eigenvalue weighted by Gasteiger charge is -2.19. The second-order valence-corrected chi connectivity index (χ2v) is 7.54. The van der Waals surface area contributed by atoms with Crippen molar-refractivity contribution in [2.75, 3.05) is 18.4 Å². The zero-order chi connectivity index (χ0) is 18.6. The molecule has 0 spiro atoms.